The van der Waals surface area contributed by atoms with E-state index in [-0.39, 0.29) is 12.0 Å². The van der Waals surface area contributed by atoms with E-state index in [1.165, 1.54) is 7.11 Å². The average molecular weight is 305 g/mol. The predicted molar refractivity (Wildman–Crippen MR) is 81.4 cm³/mol. The normalized spacial score (nSPS) is 12.0. The molecule has 1 atom stereocenters. The summed E-state index contributed by atoms with van der Waals surface area (Å²) in [5.41, 5.74) is 6.92. The number of amides is 1. The first-order valence-electron chi connectivity index (χ1n) is 6.75. The number of methoxy groups -OCH3 is 2. The number of aromatic nitrogens is 2. The lowest BCUT2D eigenvalue weighted by molar-refractivity contribution is -0.118. The Kier molecular flexibility index (Phi) is 4.55. The SMILES string of the molecule is COc1ccc([C@H](CC(N)=O)c2c(C)[nH][nH]c2=O)c(OC)c1. The molecule has 0 unspecified atom stereocenters. The topological polar surface area (TPSA) is 110 Å². The van der Waals surface area contributed by atoms with Crippen LogP contribution >= 0.6 is 0 Å². The fraction of sp³-hybridized carbons (Fsp3) is 0.333. The number of nitrogens with two attached hydrogens (primary N) is 1. The van der Waals surface area contributed by atoms with Crippen LogP contribution in [-0.2, 0) is 4.79 Å². The van der Waals surface area contributed by atoms with E-state index in [4.69, 9.17) is 15.2 Å². The van der Waals surface area contributed by atoms with Gasteiger partial charge in [-0.2, -0.15) is 0 Å². The molecule has 2 rings (SSSR count). The van der Waals surface area contributed by atoms with E-state index in [1.54, 1.807) is 32.2 Å². The highest BCUT2D eigenvalue weighted by molar-refractivity contribution is 5.76. The number of benzene rings is 1. The van der Waals surface area contributed by atoms with Crippen molar-refractivity contribution < 1.29 is 14.3 Å². The molecule has 4 N–H and O–H groups in total. The third-order valence-electron chi connectivity index (χ3n) is 3.58. The van der Waals surface area contributed by atoms with Crippen LogP contribution in [-0.4, -0.2) is 30.3 Å². The van der Waals surface area contributed by atoms with Crippen LogP contribution in [0.3, 0.4) is 0 Å². The standard InChI is InChI=1S/C15H19N3O4/c1-8-14(15(20)18-17-8)11(7-13(16)19)10-5-4-9(21-2)6-12(10)22-3/h4-6,11H,7H2,1-3H3,(H2,16,19)(H2,17,18,20)/t11-/m0/s1. The first kappa shape index (κ1) is 15.7. The van der Waals surface area contributed by atoms with Crippen LogP contribution in [0, 0.1) is 6.92 Å². The summed E-state index contributed by atoms with van der Waals surface area (Å²) in [6, 6.07) is 5.23. The molecule has 7 heteroatoms. The number of primary amides is 1. The smallest absolute Gasteiger partial charge is 0.267 e. The zero-order valence-electron chi connectivity index (χ0n) is 12.7. The van der Waals surface area contributed by atoms with Crippen LogP contribution in [0.25, 0.3) is 0 Å². The molecule has 1 heterocycles. The number of hydrogen-bond acceptors (Lipinski definition) is 4. The Morgan fingerprint density at radius 1 is 1.27 bits per heavy atom. The highest BCUT2D eigenvalue weighted by Gasteiger charge is 2.26. The van der Waals surface area contributed by atoms with Gasteiger partial charge < -0.3 is 20.3 Å². The molecule has 0 saturated carbocycles. The fourth-order valence-corrected chi connectivity index (χ4v) is 2.55. The van der Waals surface area contributed by atoms with Gasteiger partial charge in [0.25, 0.3) is 5.56 Å². The van der Waals surface area contributed by atoms with Crippen molar-refractivity contribution in [2.75, 3.05) is 14.2 Å². The van der Waals surface area contributed by atoms with E-state index in [0.717, 1.165) is 0 Å². The van der Waals surface area contributed by atoms with E-state index in [1.807, 2.05) is 0 Å². The fourth-order valence-electron chi connectivity index (χ4n) is 2.55. The van der Waals surface area contributed by atoms with Crippen molar-refractivity contribution in [2.24, 2.45) is 5.73 Å². The van der Waals surface area contributed by atoms with Gasteiger partial charge in [-0.25, -0.2) is 0 Å². The van der Waals surface area contributed by atoms with E-state index in [9.17, 15) is 9.59 Å². The Bertz CT molecular complexity index is 733. The maximum atomic E-state index is 12.1. The van der Waals surface area contributed by atoms with Crippen molar-refractivity contribution in [3.63, 3.8) is 0 Å². The summed E-state index contributed by atoms with van der Waals surface area (Å²) >= 11 is 0. The van der Waals surface area contributed by atoms with Crippen molar-refractivity contribution in [1.82, 2.24) is 10.2 Å². The van der Waals surface area contributed by atoms with Crippen LogP contribution in [0.15, 0.2) is 23.0 Å². The highest BCUT2D eigenvalue weighted by atomic mass is 16.5. The average Bonchev–Trinajstić information content (AvgIpc) is 2.83. The Labute approximate surface area is 127 Å². The summed E-state index contributed by atoms with van der Waals surface area (Å²) in [5, 5.41) is 5.29. The number of rotatable bonds is 6. The van der Waals surface area contributed by atoms with Crippen molar-refractivity contribution in [1.29, 1.82) is 0 Å². The molecule has 7 nitrogen and oxygen atoms in total. The summed E-state index contributed by atoms with van der Waals surface area (Å²) in [5.74, 6) is 0.167. The number of carbonyl (C=O) groups excluding carboxylic acids is 1. The number of ether oxygens (including phenoxy) is 2. The van der Waals surface area contributed by atoms with Crippen molar-refractivity contribution in [2.45, 2.75) is 19.3 Å². The van der Waals surface area contributed by atoms with Crippen molar-refractivity contribution >= 4 is 5.91 Å². The second kappa shape index (κ2) is 6.38. The Morgan fingerprint density at radius 3 is 2.50 bits per heavy atom. The molecule has 0 saturated heterocycles. The molecule has 0 aliphatic rings. The molecule has 0 radical (unpaired) electrons. The summed E-state index contributed by atoms with van der Waals surface area (Å²) in [6.45, 7) is 1.76. The molecule has 0 fully saturated rings. The second-order valence-electron chi connectivity index (χ2n) is 4.95. The summed E-state index contributed by atoms with van der Waals surface area (Å²) in [4.78, 5) is 23.5. The van der Waals surface area contributed by atoms with Gasteiger partial charge in [-0.3, -0.25) is 14.7 Å². The number of hydrogen-bond donors (Lipinski definition) is 3. The van der Waals surface area contributed by atoms with Gasteiger partial charge in [0.2, 0.25) is 5.91 Å². The molecule has 22 heavy (non-hydrogen) atoms. The number of carbonyl (C=O) groups is 1. The van der Waals surface area contributed by atoms with E-state index in [0.29, 0.717) is 28.3 Å². The summed E-state index contributed by atoms with van der Waals surface area (Å²) in [6.07, 6.45) is 0.00443. The summed E-state index contributed by atoms with van der Waals surface area (Å²) < 4.78 is 10.5. The van der Waals surface area contributed by atoms with Crippen LogP contribution in [0.5, 0.6) is 11.5 Å². The van der Waals surface area contributed by atoms with Gasteiger partial charge in [-0.1, -0.05) is 6.07 Å². The molecule has 2 aromatic rings. The largest absolute Gasteiger partial charge is 0.497 e. The van der Waals surface area contributed by atoms with E-state index in [2.05, 4.69) is 10.2 Å². The monoisotopic (exact) mass is 305 g/mol. The van der Waals surface area contributed by atoms with Gasteiger partial charge in [0.15, 0.2) is 0 Å². The van der Waals surface area contributed by atoms with Gasteiger partial charge in [0.1, 0.15) is 11.5 Å². The molecule has 118 valence electrons. The first-order chi connectivity index (χ1) is 10.5. The van der Waals surface area contributed by atoms with E-state index < -0.39 is 11.8 Å². The van der Waals surface area contributed by atoms with Crippen LogP contribution in [0.2, 0.25) is 0 Å². The molecule has 1 amide bonds. The molecule has 0 aliphatic carbocycles. The second-order valence-corrected chi connectivity index (χ2v) is 4.95. The zero-order chi connectivity index (χ0) is 16.3. The quantitative estimate of drug-likeness (QED) is 0.740. The molecule has 1 aromatic heterocycles. The maximum Gasteiger partial charge on any atom is 0.267 e. The third-order valence-corrected chi connectivity index (χ3v) is 3.58. The van der Waals surface area contributed by atoms with E-state index >= 15 is 0 Å². The van der Waals surface area contributed by atoms with Crippen LogP contribution in [0.1, 0.15) is 29.2 Å². The minimum absolute atomic E-state index is 0.00443. The van der Waals surface area contributed by atoms with Gasteiger partial charge in [-0.15, -0.1) is 0 Å². The number of aryl methyl sites for hydroxylation is 1. The van der Waals surface area contributed by atoms with Gasteiger partial charge in [0.05, 0.1) is 14.2 Å². The highest BCUT2D eigenvalue weighted by Crippen LogP contribution is 2.36. The van der Waals surface area contributed by atoms with Gasteiger partial charge in [0, 0.05) is 35.2 Å². The minimum Gasteiger partial charge on any atom is -0.497 e. The van der Waals surface area contributed by atoms with Crippen molar-refractivity contribution in [3.05, 3.63) is 45.4 Å². The Balaban J connectivity index is 2.60. The Morgan fingerprint density at radius 2 is 2.00 bits per heavy atom. The first-order valence-corrected chi connectivity index (χ1v) is 6.75. The summed E-state index contributed by atoms with van der Waals surface area (Å²) in [7, 11) is 3.07. The van der Waals surface area contributed by atoms with Crippen LogP contribution in [0.4, 0.5) is 0 Å². The Hall–Kier alpha value is -2.70. The van der Waals surface area contributed by atoms with Gasteiger partial charge >= 0.3 is 0 Å². The predicted octanol–water partition coefficient (Wildman–Crippen LogP) is 1.04. The molecule has 1 aromatic carbocycles. The lowest BCUT2D eigenvalue weighted by Gasteiger charge is -2.18. The lowest BCUT2D eigenvalue weighted by atomic mass is 9.87. The molecule has 0 aliphatic heterocycles. The molecular formula is C15H19N3O4. The number of H-pyrrole nitrogens is 2. The number of nitrogens with one attached hydrogen (secondary N) is 2. The van der Waals surface area contributed by atoms with Crippen LogP contribution < -0.4 is 20.8 Å². The minimum atomic E-state index is -0.497. The lowest BCUT2D eigenvalue weighted by Crippen LogP contribution is -2.21. The third kappa shape index (κ3) is 2.98. The maximum absolute atomic E-state index is 12.1. The number of aromatic amines is 2. The molecule has 0 bridgehead atoms. The van der Waals surface area contributed by atoms with Crippen molar-refractivity contribution in [3.8, 4) is 11.5 Å². The molecular weight excluding hydrogens is 286 g/mol. The van der Waals surface area contributed by atoms with Gasteiger partial charge in [-0.05, 0) is 13.0 Å². The molecule has 0 spiro atoms. The zero-order valence-corrected chi connectivity index (χ0v) is 12.7.